The molecule has 120 valence electrons. The summed E-state index contributed by atoms with van der Waals surface area (Å²) >= 11 is 34.9. The van der Waals surface area contributed by atoms with Crippen LogP contribution in [0.4, 0.5) is 17.8 Å². The molecule has 0 unspecified atom stereocenters. The Bertz CT molecular complexity index is 351. The van der Waals surface area contributed by atoms with Crippen molar-refractivity contribution in [3.63, 3.8) is 0 Å². The van der Waals surface area contributed by atoms with Crippen LogP contribution in [-0.4, -0.2) is 51.0 Å². The monoisotopic (exact) mass is 414 g/mol. The standard InChI is InChI=1S/C9H12Cl6N6/c10-1-19(2-11)7-16-8(20(3-12)4-13)18-9(17-7)21(5-14)6-15/h1-6H2. The number of rotatable bonds is 9. The van der Waals surface area contributed by atoms with Crippen LogP contribution < -0.4 is 14.7 Å². The van der Waals surface area contributed by atoms with E-state index in [4.69, 9.17) is 69.6 Å². The summed E-state index contributed by atoms with van der Waals surface area (Å²) in [6.45, 7) is 0. The van der Waals surface area contributed by atoms with Gasteiger partial charge in [0.1, 0.15) is 0 Å². The van der Waals surface area contributed by atoms with Crippen molar-refractivity contribution in [3.8, 4) is 0 Å². The normalized spacial score (nSPS) is 10.6. The molecule has 0 fully saturated rings. The Balaban J connectivity index is 3.30. The fourth-order valence-corrected chi connectivity index (χ4v) is 2.59. The number of nitrogens with zero attached hydrogens (tertiary/aromatic N) is 6. The van der Waals surface area contributed by atoms with Crippen molar-refractivity contribution in [3.05, 3.63) is 0 Å². The van der Waals surface area contributed by atoms with Gasteiger partial charge in [0.2, 0.25) is 17.8 Å². The Morgan fingerprint density at radius 2 is 0.667 bits per heavy atom. The quantitative estimate of drug-likeness (QED) is 0.454. The minimum Gasteiger partial charge on any atom is -0.313 e. The molecule has 0 saturated carbocycles. The highest BCUT2D eigenvalue weighted by Gasteiger charge is 2.18. The van der Waals surface area contributed by atoms with Crippen LogP contribution in [-0.2, 0) is 0 Å². The zero-order valence-corrected chi connectivity index (χ0v) is 15.2. The van der Waals surface area contributed by atoms with Crippen LogP contribution in [0, 0.1) is 0 Å². The summed E-state index contributed by atoms with van der Waals surface area (Å²) in [5.74, 6) is 0.835. The maximum Gasteiger partial charge on any atom is 0.233 e. The van der Waals surface area contributed by atoms with Gasteiger partial charge in [-0.3, -0.25) is 0 Å². The lowest BCUT2D eigenvalue weighted by molar-refractivity contribution is 0.849. The molecule has 1 aromatic heterocycles. The zero-order valence-electron chi connectivity index (χ0n) is 10.7. The summed E-state index contributed by atoms with van der Waals surface area (Å²) in [6, 6.07) is 0.642. The Kier molecular flexibility index (Phi) is 9.16. The van der Waals surface area contributed by atoms with Crippen LogP contribution in [0.15, 0.2) is 0 Å². The Morgan fingerprint density at radius 1 is 0.476 bits per heavy atom. The van der Waals surface area contributed by atoms with Crippen molar-refractivity contribution in [1.29, 1.82) is 0 Å². The van der Waals surface area contributed by atoms with Gasteiger partial charge in [-0.2, -0.15) is 15.0 Å². The van der Waals surface area contributed by atoms with E-state index in [2.05, 4.69) is 15.0 Å². The molecular weight excluding hydrogens is 405 g/mol. The largest absolute Gasteiger partial charge is 0.313 e. The highest BCUT2D eigenvalue weighted by atomic mass is 35.5. The molecule has 0 aliphatic carbocycles. The van der Waals surface area contributed by atoms with Gasteiger partial charge in [0, 0.05) is 0 Å². The number of alkyl halides is 6. The van der Waals surface area contributed by atoms with Crippen molar-refractivity contribution in [2.75, 3.05) is 50.7 Å². The number of aromatic nitrogens is 3. The fourth-order valence-electron chi connectivity index (χ4n) is 1.18. The first kappa shape index (κ1) is 19.2. The van der Waals surface area contributed by atoms with E-state index >= 15 is 0 Å². The van der Waals surface area contributed by atoms with Crippen molar-refractivity contribution in [2.24, 2.45) is 0 Å². The van der Waals surface area contributed by atoms with E-state index in [0.29, 0.717) is 0 Å². The molecule has 0 amide bonds. The van der Waals surface area contributed by atoms with E-state index in [1.165, 1.54) is 14.7 Å². The van der Waals surface area contributed by atoms with Crippen molar-refractivity contribution >= 4 is 87.5 Å². The van der Waals surface area contributed by atoms with Gasteiger partial charge < -0.3 is 14.7 Å². The van der Waals surface area contributed by atoms with Crippen LogP contribution in [0.2, 0.25) is 0 Å². The lowest BCUT2D eigenvalue weighted by Crippen LogP contribution is -2.29. The Morgan fingerprint density at radius 3 is 0.810 bits per heavy atom. The van der Waals surface area contributed by atoms with E-state index in [1.54, 1.807) is 0 Å². The SMILES string of the molecule is ClCN(CCl)c1nc(N(CCl)CCl)nc(N(CCl)CCl)n1. The minimum atomic E-state index is 0.107. The molecule has 1 heterocycles. The van der Waals surface area contributed by atoms with Crippen molar-refractivity contribution in [1.82, 2.24) is 15.0 Å². The molecule has 0 N–H and O–H groups in total. The van der Waals surface area contributed by atoms with E-state index in [1.807, 2.05) is 0 Å². The molecule has 0 atom stereocenters. The van der Waals surface area contributed by atoms with Crippen LogP contribution in [0.1, 0.15) is 0 Å². The van der Waals surface area contributed by atoms with Gasteiger partial charge in [0.05, 0.1) is 36.0 Å². The molecule has 1 aromatic rings. The minimum absolute atomic E-state index is 0.107. The zero-order chi connectivity index (χ0) is 15.8. The summed E-state index contributed by atoms with van der Waals surface area (Å²) in [4.78, 5) is 17.3. The number of hydrogen-bond donors (Lipinski definition) is 0. The number of anilines is 3. The van der Waals surface area contributed by atoms with E-state index in [-0.39, 0.29) is 53.9 Å². The van der Waals surface area contributed by atoms with Gasteiger partial charge >= 0.3 is 0 Å². The van der Waals surface area contributed by atoms with E-state index in [9.17, 15) is 0 Å². The molecule has 21 heavy (non-hydrogen) atoms. The summed E-state index contributed by atoms with van der Waals surface area (Å²) in [7, 11) is 0. The number of hydrogen-bond acceptors (Lipinski definition) is 6. The third-order valence-electron chi connectivity index (χ3n) is 2.31. The topological polar surface area (TPSA) is 48.4 Å². The van der Waals surface area contributed by atoms with E-state index < -0.39 is 0 Å². The Labute approximate surface area is 152 Å². The average Bonchev–Trinajstić information content (AvgIpc) is 2.51. The highest BCUT2D eigenvalue weighted by Crippen LogP contribution is 2.21. The summed E-state index contributed by atoms with van der Waals surface area (Å²) < 4.78 is 0. The second kappa shape index (κ2) is 10.0. The van der Waals surface area contributed by atoms with Crippen LogP contribution >= 0.6 is 69.6 Å². The first-order valence-electron chi connectivity index (χ1n) is 5.51. The van der Waals surface area contributed by atoms with Gasteiger partial charge in [-0.25, -0.2) is 0 Å². The molecule has 0 aromatic carbocycles. The molecule has 1 rings (SSSR count). The van der Waals surface area contributed by atoms with Gasteiger partial charge in [-0.1, -0.05) is 0 Å². The average molecular weight is 417 g/mol. The second-order valence-electron chi connectivity index (χ2n) is 3.57. The van der Waals surface area contributed by atoms with Crippen LogP contribution in [0.25, 0.3) is 0 Å². The van der Waals surface area contributed by atoms with Crippen molar-refractivity contribution in [2.45, 2.75) is 0 Å². The summed E-state index contributed by atoms with van der Waals surface area (Å²) in [5, 5.41) is 0. The van der Waals surface area contributed by atoms with Gasteiger partial charge in [-0.15, -0.1) is 69.6 Å². The smallest absolute Gasteiger partial charge is 0.233 e. The first-order valence-corrected chi connectivity index (χ1v) is 8.72. The fraction of sp³-hybridized carbons (Fsp3) is 0.667. The third-order valence-corrected chi connectivity index (χ3v) is 4.05. The first-order chi connectivity index (χ1) is 10.1. The molecule has 0 radical (unpaired) electrons. The maximum atomic E-state index is 5.81. The molecular formula is C9H12Cl6N6. The molecule has 0 bridgehead atoms. The third kappa shape index (κ3) is 5.08. The van der Waals surface area contributed by atoms with Gasteiger partial charge in [0.25, 0.3) is 0 Å². The number of halogens is 6. The molecule has 0 aliphatic heterocycles. The predicted octanol–water partition coefficient (Wildman–Crippen LogP) is 3.47. The van der Waals surface area contributed by atoms with Crippen LogP contribution in [0.5, 0.6) is 0 Å². The maximum absolute atomic E-state index is 5.81. The Hall–Kier alpha value is 0.150. The predicted molar refractivity (Wildman–Crippen MR) is 91.6 cm³/mol. The molecule has 0 spiro atoms. The van der Waals surface area contributed by atoms with Gasteiger partial charge in [-0.05, 0) is 0 Å². The van der Waals surface area contributed by atoms with Gasteiger partial charge in [0.15, 0.2) is 0 Å². The lowest BCUT2D eigenvalue weighted by Gasteiger charge is -2.24. The van der Waals surface area contributed by atoms with E-state index in [0.717, 1.165) is 0 Å². The molecule has 12 heteroatoms. The molecule has 6 nitrogen and oxygen atoms in total. The molecule has 0 aliphatic rings. The lowest BCUT2D eigenvalue weighted by atomic mass is 10.7. The summed E-state index contributed by atoms with van der Waals surface area (Å²) in [6.07, 6.45) is 0. The highest BCUT2D eigenvalue weighted by molar-refractivity contribution is 6.23. The second-order valence-corrected chi connectivity index (χ2v) is 5.01. The van der Waals surface area contributed by atoms with Crippen molar-refractivity contribution < 1.29 is 0 Å². The van der Waals surface area contributed by atoms with Crippen LogP contribution in [0.3, 0.4) is 0 Å². The summed E-state index contributed by atoms with van der Waals surface area (Å²) in [5.41, 5.74) is 0. The molecule has 0 saturated heterocycles.